The summed E-state index contributed by atoms with van der Waals surface area (Å²) in [5, 5.41) is 37.4. The Morgan fingerprint density at radius 3 is 2.79 bits per heavy atom. The summed E-state index contributed by atoms with van der Waals surface area (Å²) in [6, 6.07) is -1.06. The first kappa shape index (κ1) is 27.3. The van der Waals surface area contributed by atoms with Gasteiger partial charge in [-0.15, -0.1) is 28.2 Å². The van der Waals surface area contributed by atoms with Gasteiger partial charge in [0.15, 0.2) is 10.8 Å². The number of amides is 2. The molecule has 20 heteroatoms. The predicted octanol–water partition coefficient (Wildman–Crippen LogP) is -1.99. The third-order valence-electron chi connectivity index (χ3n) is 5.08. The van der Waals surface area contributed by atoms with Gasteiger partial charge in [0.05, 0.1) is 6.54 Å². The summed E-state index contributed by atoms with van der Waals surface area (Å²) in [5.74, 6) is -3.60. The minimum Gasteiger partial charge on any atom is -0.479 e. The highest BCUT2D eigenvalue weighted by Gasteiger charge is 2.54. The van der Waals surface area contributed by atoms with Crippen LogP contribution in [0.1, 0.15) is 5.69 Å². The number of fused-ring (bicyclic) bond motifs is 1. The Morgan fingerprint density at radius 2 is 2.13 bits per heavy atom. The van der Waals surface area contributed by atoms with Crippen molar-refractivity contribution in [2.75, 3.05) is 30.4 Å². The SMILES string of the molecule is NCCn1nnnc1SCC1=C(C(=O)O)N2C(=O)C(NC(=O)C(=NOCC(=O)O)c3csc(N)n3)[C@@H]2SC1. The number of thiazole rings is 1. The molecule has 2 aliphatic rings. The number of rotatable bonds is 12. The number of oxime groups is 1. The van der Waals surface area contributed by atoms with Crippen LogP contribution in [0.15, 0.2) is 27.0 Å². The van der Waals surface area contributed by atoms with Gasteiger partial charge in [-0.2, -0.15) is 0 Å². The van der Waals surface area contributed by atoms with Gasteiger partial charge in [-0.25, -0.2) is 19.3 Å². The molecule has 2 amide bonds. The molecular formula is C18H20N10O7S3. The van der Waals surface area contributed by atoms with Crippen LogP contribution in [0.25, 0.3) is 0 Å². The molecule has 1 fully saturated rings. The van der Waals surface area contributed by atoms with E-state index in [1.807, 2.05) is 0 Å². The number of tetrazole rings is 1. The topological polar surface area (TPSA) is 254 Å². The van der Waals surface area contributed by atoms with Crippen LogP contribution in [0.4, 0.5) is 5.13 Å². The second-order valence-corrected chi connectivity index (χ2v) is 10.5. The molecule has 4 rings (SSSR count). The summed E-state index contributed by atoms with van der Waals surface area (Å²) >= 11 is 3.51. The number of hydrogen-bond donors (Lipinski definition) is 5. The monoisotopic (exact) mass is 584 g/mol. The number of carbonyl (C=O) groups is 4. The van der Waals surface area contributed by atoms with Gasteiger partial charge < -0.3 is 31.8 Å². The van der Waals surface area contributed by atoms with E-state index in [2.05, 4.69) is 31.0 Å². The number of β-lactam (4-membered cyclic amide) rings is 1. The summed E-state index contributed by atoms with van der Waals surface area (Å²) in [7, 11) is 0. The van der Waals surface area contributed by atoms with E-state index in [-0.39, 0.29) is 33.7 Å². The third-order valence-corrected chi connectivity index (χ3v) is 8.13. The van der Waals surface area contributed by atoms with E-state index < -0.39 is 41.8 Å². The van der Waals surface area contributed by atoms with E-state index in [9.17, 15) is 24.3 Å². The van der Waals surface area contributed by atoms with Crippen molar-refractivity contribution in [1.82, 2.24) is 35.4 Å². The lowest BCUT2D eigenvalue weighted by Gasteiger charge is -2.49. The first-order valence-electron chi connectivity index (χ1n) is 10.6. The standard InChI is InChI=1S/C18H20N10O7S3/c19-1-2-27-18(23-25-26-27)38-5-7-4-36-15-11(14(32)28(15)12(7)16(33)34)22-13(31)10(24-35-3-9(29)30)8-6-37-17(20)21-8/h6,11,15H,1-5,19H2,(H2,20,21)(H,22,31)(H,29,30)(H,33,34)/t11?,15-/m0/s1. The lowest BCUT2D eigenvalue weighted by atomic mass is 10.0. The third kappa shape index (κ3) is 5.71. The minimum absolute atomic E-state index is 0.0257. The van der Waals surface area contributed by atoms with Crippen LogP contribution in [-0.2, 0) is 30.6 Å². The molecule has 4 heterocycles. The van der Waals surface area contributed by atoms with Crippen molar-refractivity contribution in [2.24, 2.45) is 10.9 Å². The Balaban J connectivity index is 1.48. The highest BCUT2D eigenvalue weighted by molar-refractivity contribution is 8.01. The van der Waals surface area contributed by atoms with E-state index in [4.69, 9.17) is 21.4 Å². The van der Waals surface area contributed by atoms with Crippen molar-refractivity contribution in [3.63, 3.8) is 0 Å². The number of aromatic nitrogens is 5. The zero-order chi connectivity index (χ0) is 27.4. The smallest absolute Gasteiger partial charge is 0.352 e. The van der Waals surface area contributed by atoms with Crippen molar-refractivity contribution >= 4 is 69.5 Å². The first-order valence-corrected chi connectivity index (χ1v) is 13.6. The molecule has 0 radical (unpaired) electrons. The summed E-state index contributed by atoms with van der Waals surface area (Å²) in [6.45, 7) is -0.0944. The summed E-state index contributed by atoms with van der Waals surface area (Å²) in [4.78, 5) is 58.6. The van der Waals surface area contributed by atoms with Gasteiger partial charge in [-0.3, -0.25) is 14.5 Å². The Bertz CT molecular complexity index is 1330. The molecule has 0 saturated carbocycles. The maximum Gasteiger partial charge on any atom is 0.352 e. The average Bonchev–Trinajstić information content (AvgIpc) is 3.51. The molecule has 0 aromatic carbocycles. The highest BCUT2D eigenvalue weighted by Crippen LogP contribution is 2.41. The van der Waals surface area contributed by atoms with Gasteiger partial charge in [0.1, 0.15) is 22.8 Å². The van der Waals surface area contributed by atoms with Crippen LogP contribution < -0.4 is 16.8 Å². The number of anilines is 1. The van der Waals surface area contributed by atoms with E-state index in [0.29, 0.717) is 23.8 Å². The maximum absolute atomic E-state index is 13.0. The zero-order valence-corrected chi connectivity index (χ0v) is 21.7. The number of aliphatic carboxylic acids is 2. The molecule has 202 valence electrons. The minimum atomic E-state index is -1.31. The van der Waals surface area contributed by atoms with E-state index in [1.54, 1.807) is 0 Å². The van der Waals surface area contributed by atoms with E-state index in [0.717, 1.165) is 16.2 Å². The average molecular weight is 585 g/mol. The van der Waals surface area contributed by atoms with Crippen molar-refractivity contribution in [3.8, 4) is 0 Å². The summed E-state index contributed by atoms with van der Waals surface area (Å²) < 4.78 is 1.50. The second kappa shape index (κ2) is 11.8. The lowest BCUT2D eigenvalue weighted by molar-refractivity contribution is -0.150. The second-order valence-electron chi connectivity index (χ2n) is 7.56. The molecule has 7 N–H and O–H groups in total. The molecule has 2 atom stereocenters. The quantitative estimate of drug-likeness (QED) is 0.0783. The Labute approximate surface area is 225 Å². The lowest BCUT2D eigenvalue weighted by Crippen LogP contribution is -2.71. The van der Waals surface area contributed by atoms with Crippen molar-refractivity contribution in [1.29, 1.82) is 0 Å². The molecular weight excluding hydrogens is 564 g/mol. The number of carboxylic acid groups (broad SMARTS) is 2. The molecule has 0 spiro atoms. The van der Waals surface area contributed by atoms with Crippen molar-refractivity contribution < 1.29 is 34.2 Å². The van der Waals surface area contributed by atoms with Gasteiger partial charge in [0.25, 0.3) is 11.8 Å². The molecule has 0 bridgehead atoms. The van der Waals surface area contributed by atoms with Gasteiger partial charge in [-0.05, 0) is 16.0 Å². The maximum atomic E-state index is 13.0. The number of thioether (sulfide) groups is 2. The number of hydrogen-bond acceptors (Lipinski definition) is 15. The van der Waals surface area contributed by atoms with Crippen molar-refractivity contribution in [3.05, 3.63) is 22.3 Å². The molecule has 1 saturated heterocycles. The van der Waals surface area contributed by atoms with Gasteiger partial charge in [0.2, 0.25) is 11.8 Å². The molecule has 0 aliphatic carbocycles. The van der Waals surface area contributed by atoms with Crippen LogP contribution in [0.2, 0.25) is 0 Å². The number of carboxylic acids is 2. The molecule has 38 heavy (non-hydrogen) atoms. The fourth-order valence-corrected chi connectivity index (χ4v) is 6.41. The number of carbonyl (C=O) groups excluding carboxylic acids is 2. The Morgan fingerprint density at radius 1 is 1.34 bits per heavy atom. The number of nitrogen functional groups attached to an aromatic ring is 1. The van der Waals surface area contributed by atoms with Crippen LogP contribution in [0.3, 0.4) is 0 Å². The van der Waals surface area contributed by atoms with E-state index in [1.165, 1.54) is 33.6 Å². The molecule has 2 aromatic rings. The molecule has 1 unspecified atom stereocenters. The Hall–Kier alpha value is -3.75. The first-order chi connectivity index (χ1) is 18.2. The van der Waals surface area contributed by atoms with Gasteiger partial charge in [0, 0.05) is 23.4 Å². The van der Waals surface area contributed by atoms with Crippen LogP contribution >= 0.6 is 34.9 Å². The number of nitrogens with zero attached hydrogens (tertiary/aromatic N) is 7. The molecule has 2 aromatic heterocycles. The number of nitrogens with one attached hydrogen (secondary N) is 1. The fraction of sp³-hybridized carbons (Fsp3) is 0.389. The van der Waals surface area contributed by atoms with Crippen LogP contribution in [-0.4, -0.2) is 106 Å². The normalized spacial score (nSPS) is 19.1. The van der Waals surface area contributed by atoms with Crippen molar-refractivity contribution in [2.45, 2.75) is 23.1 Å². The Kier molecular flexibility index (Phi) is 8.44. The molecule has 17 nitrogen and oxygen atoms in total. The number of nitrogens with two attached hydrogens (primary N) is 2. The predicted molar refractivity (Wildman–Crippen MR) is 134 cm³/mol. The van der Waals surface area contributed by atoms with Gasteiger partial charge >= 0.3 is 11.9 Å². The summed E-state index contributed by atoms with van der Waals surface area (Å²) in [5.41, 5.74) is 11.1. The van der Waals surface area contributed by atoms with Crippen LogP contribution in [0.5, 0.6) is 0 Å². The summed E-state index contributed by atoms with van der Waals surface area (Å²) in [6.07, 6.45) is 0. The highest BCUT2D eigenvalue weighted by atomic mass is 32.2. The largest absolute Gasteiger partial charge is 0.479 e. The zero-order valence-electron chi connectivity index (χ0n) is 19.2. The van der Waals surface area contributed by atoms with Crippen LogP contribution in [0, 0.1) is 0 Å². The molecule has 2 aliphatic heterocycles. The van der Waals surface area contributed by atoms with Gasteiger partial charge in [-0.1, -0.05) is 16.9 Å². The fourth-order valence-electron chi connectivity index (χ4n) is 3.47. The van der Waals surface area contributed by atoms with E-state index >= 15 is 0 Å².